The van der Waals surface area contributed by atoms with E-state index in [0.29, 0.717) is 6.61 Å². The third kappa shape index (κ3) is 3.13. The molecule has 0 aromatic heterocycles. The molecular weight excluding hydrogens is 246 g/mol. The summed E-state index contributed by atoms with van der Waals surface area (Å²) in [6.45, 7) is 9.28. The molecule has 0 saturated heterocycles. The highest BCUT2D eigenvalue weighted by Crippen LogP contribution is 2.33. The third-order valence-corrected chi connectivity index (χ3v) is 3.38. The van der Waals surface area contributed by atoms with E-state index in [4.69, 9.17) is 10.5 Å². The molecule has 106 valence electrons. The Bertz CT molecular complexity index is 597. The smallest absolute Gasteiger partial charge is 0.119 e. The van der Waals surface area contributed by atoms with Crippen molar-refractivity contribution in [2.45, 2.75) is 33.1 Å². The molecule has 0 fully saturated rings. The lowest BCUT2D eigenvalue weighted by molar-refractivity contribution is 0.340. The van der Waals surface area contributed by atoms with Gasteiger partial charge in [0.1, 0.15) is 5.75 Å². The van der Waals surface area contributed by atoms with Gasteiger partial charge in [0.2, 0.25) is 0 Å². The Hall–Kier alpha value is -1.96. The molecule has 0 bridgehead atoms. The van der Waals surface area contributed by atoms with Crippen LogP contribution in [-0.2, 0) is 5.41 Å². The van der Waals surface area contributed by atoms with Crippen molar-refractivity contribution >= 4 is 5.69 Å². The molecule has 2 aromatic rings. The zero-order chi connectivity index (χ0) is 14.8. The van der Waals surface area contributed by atoms with E-state index in [2.05, 4.69) is 39.0 Å². The van der Waals surface area contributed by atoms with Crippen LogP contribution < -0.4 is 10.5 Å². The fraction of sp³-hybridized carbons (Fsp3) is 0.333. The molecule has 0 aliphatic rings. The number of hydrogen-bond acceptors (Lipinski definition) is 2. The van der Waals surface area contributed by atoms with E-state index in [-0.39, 0.29) is 5.41 Å². The molecule has 2 nitrogen and oxygen atoms in total. The number of ether oxygens (including phenoxy) is 1. The summed E-state index contributed by atoms with van der Waals surface area (Å²) < 4.78 is 5.56. The van der Waals surface area contributed by atoms with Crippen LogP contribution in [0.5, 0.6) is 5.75 Å². The second-order valence-electron chi connectivity index (χ2n) is 6.01. The van der Waals surface area contributed by atoms with Crippen molar-refractivity contribution in [1.29, 1.82) is 0 Å². The van der Waals surface area contributed by atoms with E-state index >= 15 is 0 Å². The van der Waals surface area contributed by atoms with Gasteiger partial charge in [-0.15, -0.1) is 0 Å². The number of anilines is 1. The fourth-order valence-electron chi connectivity index (χ4n) is 2.19. The standard InChI is InChI=1S/C18H23NO/c1-5-20-15-8-6-7-13(11-15)16-12-14(18(2,3)4)9-10-17(16)19/h6-12H,5,19H2,1-4H3. The third-order valence-electron chi connectivity index (χ3n) is 3.38. The number of nitrogens with two attached hydrogens (primary N) is 1. The minimum Gasteiger partial charge on any atom is -0.494 e. The fourth-order valence-corrected chi connectivity index (χ4v) is 2.19. The van der Waals surface area contributed by atoms with Crippen LogP contribution in [0, 0.1) is 0 Å². The molecule has 2 aromatic carbocycles. The van der Waals surface area contributed by atoms with Gasteiger partial charge in [-0.2, -0.15) is 0 Å². The van der Waals surface area contributed by atoms with Gasteiger partial charge in [0.15, 0.2) is 0 Å². The van der Waals surface area contributed by atoms with Crippen molar-refractivity contribution in [2.24, 2.45) is 0 Å². The van der Waals surface area contributed by atoms with Crippen LogP contribution >= 0.6 is 0 Å². The lowest BCUT2D eigenvalue weighted by atomic mass is 9.85. The van der Waals surface area contributed by atoms with Crippen LogP contribution in [-0.4, -0.2) is 6.61 Å². The van der Waals surface area contributed by atoms with Crippen LogP contribution in [0.1, 0.15) is 33.3 Å². The Labute approximate surface area is 121 Å². The van der Waals surface area contributed by atoms with Crippen molar-refractivity contribution in [2.75, 3.05) is 12.3 Å². The lowest BCUT2D eigenvalue weighted by Gasteiger charge is -2.21. The first-order valence-corrected chi connectivity index (χ1v) is 7.05. The molecule has 0 aliphatic carbocycles. The summed E-state index contributed by atoms with van der Waals surface area (Å²) in [7, 11) is 0. The molecule has 2 rings (SSSR count). The number of hydrogen-bond donors (Lipinski definition) is 1. The summed E-state index contributed by atoms with van der Waals surface area (Å²) in [4.78, 5) is 0. The monoisotopic (exact) mass is 269 g/mol. The van der Waals surface area contributed by atoms with Gasteiger partial charge < -0.3 is 10.5 Å². The average Bonchev–Trinajstić information content (AvgIpc) is 2.38. The first kappa shape index (κ1) is 14.4. The topological polar surface area (TPSA) is 35.2 Å². The molecule has 0 saturated carbocycles. The highest BCUT2D eigenvalue weighted by Gasteiger charge is 2.15. The summed E-state index contributed by atoms with van der Waals surface area (Å²) in [5, 5.41) is 0. The van der Waals surface area contributed by atoms with Crippen LogP contribution in [0.15, 0.2) is 42.5 Å². The number of benzene rings is 2. The normalized spacial score (nSPS) is 11.4. The van der Waals surface area contributed by atoms with E-state index in [1.165, 1.54) is 5.56 Å². The van der Waals surface area contributed by atoms with Crippen molar-refractivity contribution in [3.8, 4) is 16.9 Å². The van der Waals surface area contributed by atoms with Crippen LogP contribution in [0.4, 0.5) is 5.69 Å². The molecule has 0 atom stereocenters. The van der Waals surface area contributed by atoms with Gasteiger partial charge in [0.05, 0.1) is 6.61 Å². The molecule has 0 amide bonds. The highest BCUT2D eigenvalue weighted by molar-refractivity contribution is 5.77. The molecular formula is C18H23NO. The van der Waals surface area contributed by atoms with Crippen molar-refractivity contribution in [1.82, 2.24) is 0 Å². The zero-order valence-corrected chi connectivity index (χ0v) is 12.7. The van der Waals surface area contributed by atoms with E-state index < -0.39 is 0 Å². The average molecular weight is 269 g/mol. The Morgan fingerprint density at radius 2 is 1.80 bits per heavy atom. The quantitative estimate of drug-likeness (QED) is 0.824. The van der Waals surface area contributed by atoms with Crippen molar-refractivity contribution in [3.63, 3.8) is 0 Å². The van der Waals surface area contributed by atoms with Gasteiger partial charge in [-0.05, 0) is 47.7 Å². The molecule has 2 N–H and O–H groups in total. The molecule has 2 heteroatoms. The summed E-state index contributed by atoms with van der Waals surface area (Å²) >= 11 is 0. The largest absolute Gasteiger partial charge is 0.494 e. The van der Waals surface area contributed by atoms with E-state index in [9.17, 15) is 0 Å². The van der Waals surface area contributed by atoms with E-state index in [1.54, 1.807) is 0 Å². The van der Waals surface area contributed by atoms with Crippen LogP contribution in [0.2, 0.25) is 0 Å². The summed E-state index contributed by atoms with van der Waals surface area (Å²) in [6.07, 6.45) is 0. The van der Waals surface area contributed by atoms with Gasteiger partial charge in [0, 0.05) is 11.3 Å². The number of rotatable bonds is 3. The van der Waals surface area contributed by atoms with Gasteiger partial charge >= 0.3 is 0 Å². The Morgan fingerprint density at radius 3 is 2.45 bits per heavy atom. The maximum absolute atomic E-state index is 6.15. The number of nitrogen functional groups attached to an aromatic ring is 1. The molecule has 0 aliphatic heterocycles. The van der Waals surface area contributed by atoms with Crippen molar-refractivity contribution in [3.05, 3.63) is 48.0 Å². The lowest BCUT2D eigenvalue weighted by Crippen LogP contribution is -2.11. The molecule has 0 unspecified atom stereocenters. The molecule has 0 radical (unpaired) electrons. The highest BCUT2D eigenvalue weighted by atomic mass is 16.5. The maximum Gasteiger partial charge on any atom is 0.119 e. The second kappa shape index (κ2) is 5.58. The molecule has 20 heavy (non-hydrogen) atoms. The minimum atomic E-state index is 0.111. The van der Waals surface area contributed by atoms with Gasteiger partial charge in [-0.1, -0.05) is 39.0 Å². The maximum atomic E-state index is 6.15. The summed E-state index contributed by atoms with van der Waals surface area (Å²) in [6, 6.07) is 14.4. The van der Waals surface area contributed by atoms with Gasteiger partial charge in [-0.25, -0.2) is 0 Å². The zero-order valence-electron chi connectivity index (χ0n) is 12.7. The van der Waals surface area contributed by atoms with Crippen LogP contribution in [0.25, 0.3) is 11.1 Å². The Balaban J connectivity index is 2.49. The van der Waals surface area contributed by atoms with Gasteiger partial charge in [0.25, 0.3) is 0 Å². The first-order chi connectivity index (χ1) is 9.41. The Kier molecular flexibility index (Phi) is 4.03. The van der Waals surface area contributed by atoms with Crippen molar-refractivity contribution < 1.29 is 4.74 Å². The molecule has 0 heterocycles. The first-order valence-electron chi connectivity index (χ1n) is 7.05. The van der Waals surface area contributed by atoms with E-state index in [0.717, 1.165) is 22.6 Å². The Morgan fingerprint density at radius 1 is 1.05 bits per heavy atom. The predicted molar refractivity (Wildman–Crippen MR) is 86.2 cm³/mol. The molecule has 0 spiro atoms. The predicted octanol–water partition coefficient (Wildman–Crippen LogP) is 4.63. The minimum absolute atomic E-state index is 0.111. The summed E-state index contributed by atoms with van der Waals surface area (Å²) in [5.41, 5.74) is 10.5. The second-order valence-corrected chi connectivity index (χ2v) is 6.01. The van der Waals surface area contributed by atoms with Gasteiger partial charge in [-0.3, -0.25) is 0 Å². The SMILES string of the molecule is CCOc1cccc(-c2cc(C(C)(C)C)ccc2N)c1. The summed E-state index contributed by atoms with van der Waals surface area (Å²) in [5.74, 6) is 0.880. The van der Waals surface area contributed by atoms with Crippen LogP contribution in [0.3, 0.4) is 0 Å². The van der Waals surface area contributed by atoms with E-state index in [1.807, 2.05) is 31.2 Å².